The summed E-state index contributed by atoms with van der Waals surface area (Å²) in [4.78, 5) is 11.1. The Morgan fingerprint density at radius 2 is 2.24 bits per heavy atom. The SMILES string of the molecule is COC(=O)CC1CC(c2ccc(Cl)c(F)c2)C1. The lowest BCUT2D eigenvalue weighted by Gasteiger charge is -2.35. The van der Waals surface area contributed by atoms with Gasteiger partial charge in [-0.05, 0) is 42.4 Å². The van der Waals surface area contributed by atoms with Crippen molar-refractivity contribution in [1.29, 1.82) is 0 Å². The summed E-state index contributed by atoms with van der Waals surface area (Å²) in [6.45, 7) is 0. The van der Waals surface area contributed by atoms with E-state index in [4.69, 9.17) is 11.6 Å². The zero-order valence-corrected chi connectivity index (χ0v) is 10.3. The highest BCUT2D eigenvalue weighted by Crippen LogP contribution is 2.43. The molecule has 92 valence electrons. The Hall–Kier alpha value is -1.09. The molecular formula is C13H14ClFO2. The number of hydrogen-bond acceptors (Lipinski definition) is 2. The number of esters is 1. The van der Waals surface area contributed by atoms with Crippen LogP contribution in [0.1, 0.15) is 30.7 Å². The van der Waals surface area contributed by atoms with Crippen LogP contribution in [-0.4, -0.2) is 13.1 Å². The topological polar surface area (TPSA) is 26.3 Å². The molecule has 0 N–H and O–H groups in total. The predicted octanol–water partition coefficient (Wildman–Crippen LogP) is 3.54. The standard InChI is InChI=1S/C13H14ClFO2/c1-17-13(16)6-8-4-10(5-8)9-2-3-11(14)12(15)7-9/h2-3,7-8,10H,4-6H2,1H3. The molecule has 1 aromatic rings. The van der Waals surface area contributed by atoms with Crippen LogP contribution < -0.4 is 0 Å². The Morgan fingerprint density at radius 1 is 1.53 bits per heavy atom. The molecule has 0 amide bonds. The van der Waals surface area contributed by atoms with Gasteiger partial charge in [-0.2, -0.15) is 0 Å². The van der Waals surface area contributed by atoms with Crippen molar-refractivity contribution >= 4 is 17.6 Å². The van der Waals surface area contributed by atoms with E-state index in [9.17, 15) is 9.18 Å². The summed E-state index contributed by atoms with van der Waals surface area (Å²) >= 11 is 5.63. The molecule has 0 bridgehead atoms. The third-order valence-corrected chi connectivity index (χ3v) is 3.64. The molecule has 1 aliphatic carbocycles. The molecule has 0 spiro atoms. The predicted molar refractivity (Wildman–Crippen MR) is 63.5 cm³/mol. The highest BCUT2D eigenvalue weighted by atomic mass is 35.5. The second-order valence-corrected chi connectivity index (χ2v) is 4.90. The van der Waals surface area contributed by atoms with E-state index in [0.29, 0.717) is 18.3 Å². The number of halogens is 2. The van der Waals surface area contributed by atoms with Gasteiger partial charge in [-0.15, -0.1) is 0 Å². The average Bonchev–Trinajstić information content (AvgIpc) is 2.26. The second-order valence-electron chi connectivity index (χ2n) is 4.49. The minimum absolute atomic E-state index is 0.152. The summed E-state index contributed by atoms with van der Waals surface area (Å²) in [5.74, 6) is 0.166. The number of methoxy groups -OCH3 is 1. The quantitative estimate of drug-likeness (QED) is 0.774. The van der Waals surface area contributed by atoms with E-state index in [0.717, 1.165) is 18.4 Å². The lowest BCUT2D eigenvalue weighted by Crippen LogP contribution is -2.24. The molecule has 0 aliphatic heterocycles. The third-order valence-electron chi connectivity index (χ3n) is 3.33. The van der Waals surface area contributed by atoms with Gasteiger partial charge in [-0.3, -0.25) is 4.79 Å². The van der Waals surface area contributed by atoms with Crippen molar-refractivity contribution in [3.63, 3.8) is 0 Å². The zero-order valence-electron chi connectivity index (χ0n) is 9.58. The largest absolute Gasteiger partial charge is 0.469 e. The van der Waals surface area contributed by atoms with Gasteiger partial charge in [0, 0.05) is 6.42 Å². The van der Waals surface area contributed by atoms with Crippen LogP contribution in [0.15, 0.2) is 18.2 Å². The van der Waals surface area contributed by atoms with Gasteiger partial charge in [0.15, 0.2) is 0 Å². The monoisotopic (exact) mass is 256 g/mol. The maximum atomic E-state index is 13.3. The number of carbonyl (C=O) groups is 1. The van der Waals surface area contributed by atoms with Crippen LogP contribution in [0.5, 0.6) is 0 Å². The van der Waals surface area contributed by atoms with Gasteiger partial charge < -0.3 is 4.74 Å². The molecule has 1 fully saturated rings. The Bertz CT molecular complexity index is 427. The van der Waals surface area contributed by atoms with Crippen LogP contribution in [-0.2, 0) is 9.53 Å². The number of rotatable bonds is 3. The van der Waals surface area contributed by atoms with Crippen molar-refractivity contribution in [2.24, 2.45) is 5.92 Å². The molecule has 1 aromatic carbocycles. The summed E-state index contributed by atoms with van der Waals surface area (Å²) in [6, 6.07) is 4.92. The fourth-order valence-corrected chi connectivity index (χ4v) is 2.38. The fraction of sp³-hybridized carbons (Fsp3) is 0.462. The van der Waals surface area contributed by atoms with Crippen molar-refractivity contribution < 1.29 is 13.9 Å². The van der Waals surface area contributed by atoms with Crippen LogP contribution in [0, 0.1) is 11.7 Å². The van der Waals surface area contributed by atoms with Crippen molar-refractivity contribution in [3.8, 4) is 0 Å². The van der Waals surface area contributed by atoms with Gasteiger partial charge in [0.2, 0.25) is 0 Å². The van der Waals surface area contributed by atoms with Crippen molar-refractivity contribution in [2.45, 2.75) is 25.2 Å². The molecule has 0 saturated heterocycles. The molecule has 2 rings (SSSR count). The summed E-state index contributed by atoms with van der Waals surface area (Å²) in [7, 11) is 1.40. The summed E-state index contributed by atoms with van der Waals surface area (Å²) < 4.78 is 17.9. The Labute approximate surface area is 105 Å². The number of hydrogen-bond donors (Lipinski definition) is 0. The van der Waals surface area contributed by atoms with Gasteiger partial charge >= 0.3 is 5.97 Å². The van der Waals surface area contributed by atoms with E-state index in [1.54, 1.807) is 6.07 Å². The first-order chi connectivity index (χ1) is 8.10. The van der Waals surface area contributed by atoms with Crippen LogP contribution in [0.2, 0.25) is 5.02 Å². The maximum absolute atomic E-state index is 13.3. The van der Waals surface area contributed by atoms with E-state index in [2.05, 4.69) is 4.74 Å². The van der Waals surface area contributed by atoms with Gasteiger partial charge in [0.25, 0.3) is 0 Å². The Morgan fingerprint density at radius 3 is 2.82 bits per heavy atom. The second kappa shape index (κ2) is 5.05. The number of benzene rings is 1. The van der Waals surface area contributed by atoms with E-state index in [-0.39, 0.29) is 16.8 Å². The fourth-order valence-electron chi connectivity index (χ4n) is 2.26. The van der Waals surface area contributed by atoms with Crippen LogP contribution in [0.3, 0.4) is 0 Å². The molecule has 17 heavy (non-hydrogen) atoms. The molecule has 1 aliphatic rings. The van der Waals surface area contributed by atoms with Crippen LogP contribution in [0.25, 0.3) is 0 Å². The van der Waals surface area contributed by atoms with Gasteiger partial charge in [0.1, 0.15) is 5.82 Å². The summed E-state index contributed by atoms with van der Waals surface area (Å²) in [6.07, 6.45) is 2.29. The molecule has 4 heteroatoms. The molecule has 0 radical (unpaired) electrons. The smallest absolute Gasteiger partial charge is 0.305 e. The van der Waals surface area contributed by atoms with Crippen molar-refractivity contribution in [3.05, 3.63) is 34.6 Å². The summed E-state index contributed by atoms with van der Waals surface area (Å²) in [5.41, 5.74) is 0.966. The van der Waals surface area contributed by atoms with E-state index >= 15 is 0 Å². The maximum Gasteiger partial charge on any atom is 0.305 e. The highest BCUT2D eigenvalue weighted by molar-refractivity contribution is 6.30. The first kappa shape index (κ1) is 12.4. The zero-order chi connectivity index (χ0) is 12.4. The van der Waals surface area contributed by atoms with Crippen molar-refractivity contribution in [2.75, 3.05) is 7.11 Å². The van der Waals surface area contributed by atoms with Crippen LogP contribution >= 0.6 is 11.6 Å². The lowest BCUT2D eigenvalue weighted by molar-refractivity contribution is -0.142. The highest BCUT2D eigenvalue weighted by Gasteiger charge is 2.32. The van der Waals surface area contributed by atoms with Crippen LogP contribution in [0.4, 0.5) is 4.39 Å². The average molecular weight is 257 g/mol. The lowest BCUT2D eigenvalue weighted by atomic mass is 9.70. The Balaban J connectivity index is 1.91. The molecule has 0 unspecified atom stereocenters. The van der Waals surface area contributed by atoms with Gasteiger partial charge in [-0.1, -0.05) is 17.7 Å². The molecular weight excluding hydrogens is 243 g/mol. The molecule has 2 nitrogen and oxygen atoms in total. The number of ether oxygens (including phenoxy) is 1. The molecule has 0 aromatic heterocycles. The first-order valence-corrected chi connectivity index (χ1v) is 5.99. The first-order valence-electron chi connectivity index (χ1n) is 5.62. The minimum Gasteiger partial charge on any atom is -0.469 e. The normalized spacial score (nSPS) is 23.0. The van der Waals surface area contributed by atoms with E-state index < -0.39 is 0 Å². The van der Waals surface area contributed by atoms with Crippen molar-refractivity contribution in [1.82, 2.24) is 0 Å². The summed E-state index contributed by atoms with van der Waals surface area (Å²) in [5, 5.41) is 0.152. The van der Waals surface area contributed by atoms with E-state index in [1.807, 2.05) is 6.07 Å². The van der Waals surface area contributed by atoms with Gasteiger partial charge in [0.05, 0.1) is 12.1 Å². The van der Waals surface area contributed by atoms with E-state index in [1.165, 1.54) is 13.2 Å². The third kappa shape index (κ3) is 2.78. The molecule has 0 heterocycles. The molecule has 0 atom stereocenters. The minimum atomic E-state index is -0.374. The molecule has 1 saturated carbocycles. The Kier molecular flexibility index (Phi) is 3.67. The number of carbonyl (C=O) groups excluding carboxylic acids is 1. The van der Waals surface area contributed by atoms with Gasteiger partial charge in [-0.25, -0.2) is 4.39 Å².